The van der Waals surface area contributed by atoms with Gasteiger partial charge in [-0.15, -0.1) is 0 Å². The molecule has 1 aliphatic heterocycles. The van der Waals surface area contributed by atoms with Crippen LogP contribution in [0.4, 0.5) is 5.82 Å². The van der Waals surface area contributed by atoms with Crippen molar-refractivity contribution in [3.63, 3.8) is 0 Å². The minimum Gasteiger partial charge on any atom is -0.384 e. The summed E-state index contributed by atoms with van der Waals surface area (Å²) in [6.07, 6.45) is 1.89. The van der Waals surface area contributed by atoms with Crippen molar-refractivity contribution in [1.82, 2.24) is 10.3 Å². The minimum atomic E-state index is 0.110. The Labute approximate surface area is 83.5 Å². The zero-order valence-corrected chi connectivity index (χ0v) is 8.23. The highest BCUT2D eigenvalue weighted by atomic mass is 16.5. The Kier molecular flexibility index (Phi) is 2.65. The Morgan fingerprint density at radius 3 is 3.00 bits per heavy atom. The molecule has 3 N–H and O–H groups in total. The highest BCUT2D eigenvalue weighted by Crippen LogP contribution is 2.19. The zero-order chi connectivity index (χ0) is 9.97. The van der Waals surface area contributed by atoms with E-state index in [1.54, 1.807) is 12.3 Å². The summed E-state index contributed by atoms with van der Waals surface area (Å²) in [5, 5.41) is 3.36. The normalized spacial score (nSPS) is 27.5. The van der Waals surface area contributed by atoms with Gasteiger partial charge in [-0.25, -0.2) is 4.98 Å². The van der Waals surface area contributed by atoms with Gasteiger partial charge in [-0.1, -0.05) is 6.07 Å². The summed E-state index contributed by atoms with van der Waals surface area (Å²) in [5.41, 5.74) is 6.59. The maximum absolute atomic E-state index is 5.67. The molecule has 76 valence electrons. The summed E-state index contributed by atoms with van der Waals surface area (Å²) in [4.78, 5) is 4.04. The fourth-order valence-electron chi connectivity index (χ4n) is 1.51. The SMILES string of the molecule is C[C@H]1CO[C@H](c2ccc(N)nc2)CN1. The van der Waals surface area contributed by atoms with Gasteiger partial charge in [-0.2, -0.15) is 0 Å². The van der Waals surface area contributed by atoms with Gasteiger partial charge in [0.2, 0.25) is 0 Å². The van der Waals surface area contributed by atoms with Gasteiger partial charge in [-0.3, -0.25) is 0 Å². The van der Waals surface area contributed by atoms with Crippen molar-refractivity contribution in [2.45, 2.75) is 19.1 Å². The van der Waals surface area contributed by atoms with Crippen molar-refractivity contribution in [2.75, 3.05) is 18.9 Å². The number of morpholine rings is 1. The number of pyridine rings is 1. The van der Waals surface area contributed by atoms with E-state index in [1.165, 1.54) is 0 Å². The van der Waals surface area contributed by atoms with Crippen LogP contribution in [0.1, 0.15) is 18.6 Å². The number of anilines is 1. The lowest BCUT2D eigenvalue weighted by Crippen LogP contribution is -2.40. The molecule has 4 nitrogen and oxygen atoms in total. The van der Waals surface area contributed by atoms with Gasteiger partial charge in [-0.05, 0) is 13.0 Å². The Morgan fingerprint density at radius 1 is 1.57 bits per heavy atom. The minimum absolute atomic E-state index is 0.110. The van der Waals surface area contributed by atoms with Gasteiger partial charge in [0, 0.05) is 24.3 Å². The van der Waals surface area contributed by atoms with E-state index in [1.807, 2.05) is 6.07 Å². The first-order valence-electron chi connectivity index (χ1n) is 4.82. The van der Waals surface area contributed by atoms with Crippen LogP contribution in [0.2, 0.25) is 0 Å². The van der Waals surface area contributed by atoms with Crippen LogP contribution in [-0.2, 0) is 4.74 Å². The van der Waals surface area contributed by atoms with Crippen LogP contribution in [0.15, 0.2) is 18.3 Å². The summed E-state index contributed by atoms with van der Waals surface area (Å²) in [6.45, 7) is 3.69. The smallest absolute Gasteiger partial charge is 0.123 e. The molecular weight excluding hydrogens is 178 g/mol. The number of hydrogen-bond acceptors (Lipinski definition) is 4. The topological polar surface area (TPSA) is 60.2 Å². The highest BCUT2D eigenvalue weighted by molar-refractivity contribution is 5.30. The lowest BCUT2D eigenvalue weighted by Gasteiger charge is -2.28. The Bertz CT molecular complexity index is 291. The van der Waals surface area contributed by atoms with Crippen LogP contribution in [-0.4, -0.2) is 24.2 Å². The number of ether oxygens (including phenoxy) is 1. The number of hydrogen-bond donors (Lipinski definition) is 2. The van der Waals surface area contributed by atoms with E-state index in [0.717, 1.165) is 18.7 Å². The third-order valence-electron chi connectivity index (χ3n) is 2.38. The first kappa shape index (κ1) is 9.43. The van der Waals surface area contributed by atoms with Crippen LogP contribution in [0.25, 0.3) is 0 Å². The van der Waals surface area contributed by atoms with Gasteiger partial charge in [0.1, 0.15) is 5.82 Å². The molecule has 2 rings (SSSR count). The maximum atomic E-state index is 5.67. The van der Waals surface area contributed by atoms with E-state index >= 15 is 0 Å². The van der Waals surface area contributed by atoms with E-state index < -0.39 is 0 Å². The third kappa shape index (κ3) is 2.02. The monoisotopic (exact) mass is 193 g/mol. The van der Waals surface area contributed by atoms with E-state index in [4.69, 9.17) is 10.5 Å². The Balaban J connectivity index is 2.05. The summed E-state index contributed by atoms with van der Waals surface area (Å²) in [7, 11) is 0. The average molecular weight is 193 g/mol. The molecule has 1 aromatic heterocycles. The predicted molar refractivity (Wildman–Crippen MR) is 54.8 cm³/mol. The van der Waals surface area contributed by atoms with Gasteiger partial charge in [0.25, 0.3) is 0 Å². The average Bonchev–Trinajstić information content (AvgIpc) is 2.21. The van der Waals surface area contributed by atoms with Crippen molar-refractivity contribution < 1.29 is 4.74 Å². The second-order valence-electron chi connectivity index (χ2n) is 3.65. The fraction of sp³-hybridized carbons (Fsp3) is 0.500. The van der Waals surface area contributed by atoms with Gasteiger partial charge in [0.05, 0.1) is 12.7 Å². The summed E-state index contributed by atoms with van der Waals surface area (Å²) >= 11 is 0. The molecule has 0 aliphatic carbocycles. The molecule has 4 heteroatoms. The molecule has 0 spiro atoms. The molecule has 0 saturated carbocycles. The molecule has 0 bridgehead atoms. The third-order valence-corrected chi connectivity index (χ3v) is 2.38. The number of nitrogens with two attached hydrogens (primary N) is 1. The van der Waals surface area contributed by atoms with E-state index in [-0.39, 0.29) is 6.10 Å². The molecule has 0 unspecified atom stereocenters. The second-order valence-corrected chi connectivity index (χ2v) is 3.65. The van der Waals surface area contributed by atoms with Crippen LogP contribution >= 0.6 is 0 Å². The first-order valence-corrected chi connectivity index (χ1v) is 4.82. The molecule has 2 heterocycles. The summed E-state index contributed by atoms with van der Waals surface area (Å²) in [5.74, 6) is 0.547. The Morgan fingerprint density at radius 2 is 2.43 bits per heavy atom. The maximum Gasteiger partial charge on any atom is 0.123 e. The highest BCUT2D eigenvalue weighted by Gasteiger charge is 2.19. The van der Waals surface area contributed by atoms with E-state index in [2.05, 4.69) is 17.2 Å². The second kappa shape index (κ2) is 3.94. The van der Waals surface area contributed by atoms with Gasteiger partial charge >= 0.3 is 0 Å². The van der Waals surface area contributed by atoms with Crippen molar-refractivity contribution in [2.24, 2.45) is 0 Å². The molecule has 0 aromatic carbocycles. The Hall–Kier alpha value is -1.13. The van der Waals surface area contributed by atoms with Crippen molar-refractivity contribution >= 4 is 5.82 Å². The quantitative estimate of drug-likeness (QED) is 0.689. The van der Waals surface area contributed by atoms with Crippen LogP contribution in [0.5, 0.6) is 0 Å². The number of rotatable bonds is 1. The molecule has 1 fully saturated rings. The zero-order valence-electron chi connectivity index (χ0n) is 8.23. The molecule has 14 heavy (non-hydrogen) atoms. The lowest BCUT2D eigenvalue weighted by molar-refractivity contribution is 0.00678. The van der Waals surface area contributed by atoms with Crippen molar-refractivity contribution in [3.8, 4) is 0 Å². The molecule has 2 atom stereocenters. The molecule has 0 amide bonds. The number of nitrogens with zero attached hydrogens (tertiary/aromatic N) is 1. The summed E-state index contributed by atoms with van der Waals surface area (Å²) in [6, 6.07) is 4.20. The number of aromatic nitrogens is 1. The van der Waals surface area contributed by atoms with Crippen LogP contribution in [0.3, 0.4) is 0 Å². The largest absolute Gasteiger partial charge is 0.384 e. The van der Waals surface area contributed by atoms with Crippen LogP contribution < -0.4 is 11.1 Å². The fourth-order valence-corrected chi connectivity index (χ4v) is 1.51. The lowest BCUT2D eigenvalue weighted by atomic mass is 10.1. The number of nitrogen functional groups attached to an aromatic ring is 1. The molecule has 1 saturated heterocycles. The van der Waals surface area contributed by atoms with Gasteiger partial charge in [0.15, 0.2) is 0 Å². The van der Waals surface area contributed by atoms with E-state index in [0.29, 0.717) is 11.9 Å². The molecule has 1 aromatic rings. The predicted octanol–water partition coefficient (Wildman–Crippen LogP) is 0.713. The van der Waals surface area contributed by atoms with Crippen LogP contribution in [0, 0.1) is 0 Å². The summed E-state index contributed by atoms with van der Waals surface area (Å²) < 4.78 is 5.67. The first-order chi connectivity index (χ1) is 6.75. The van der Waals surface area contributed by atoms with Gasteiger partial charge < -0.3 is 15.8 Å². The number of nitrogens with one attached hydrogen (secondary N) is 1. The molecule has 1 aliphatic rings. The van der Waals surface area contributed by atoms with Crippen molar-refractivity contribution in [3.05, 3.63) is 23.9 Å². The molecule has 0 radical (unpaired) electrons. The standard InChI is InChI=1S/C10H15N3O/c1-7-6-14-9(5-12-7)8-2-3-10(11)13-4-8/h2-4,7,9,12H,5-6H2,1H3,(H2,11,13)/t7-,9-/m0/s1. The van der Waals surface area contributed by atoms with Crippen molar-refractivity contribution in [1.29, 1.82) is 0 Å². The van der Waals surface area contributed by atoms with E-state index in [9.17, 15) is 0 Å². The molecular formula is C10H15N3O.